The van der Waals surface area contributed by atoms with Crippen molar-refractivity contribution in [2.75, 3.05) is 6.54 Å². The van der Waals surface area contributed by atoms with Gasteiger partial charge in [-0.15, -0.1) is 0 Å². The Bertz CT molecular complexity index is 583. The Balaban J connectivity index is 2.01. The number of carbonyl (C=O) groups is 1. The zero-order chi connectivity index (χ0) is 14.6. The van der Waals surface area contributed by atoms with Crippen LogP contribution in [0.25, 0.3) is 0 Å². The molecule has 0 aliphatic heterocycles. The van der Waals surface area contributed by atoms with Gasteiger partial charge in [0.2, 0.25) is 5.95 Å². The third-order valence-electron chi connectivity index (χ3n) is 2.98. The summed E-state index contributed by atoms with van der Waals surface area (Å²) in [6.07, 6.45) is 1.15. The van der Waals surface area contributed by atoms with Gasteiger partial charge in [0, 0.05) is 6.20 Å². The van der Waals surface area contributed by atoms with Gasteiger partial charge in [0.05, 0.1) is 12.1 Å². The van der Waals surface area contributed by atoms with E-state index in [0.29, 0.717) is 5.56 Å². The van der Waals surface area contributed by atoms with Crippen LogP contribution in [0.5, 0.6) is 0 Å². The molecule has 2 rings (SSSR count). The van der Waals surface area contributed by atoms with Crippen LogP contribution in [0.4, 0.5) is 4.39 Å². The Labute approximate surface area is 116 Å². The van der Waals surface area contributed by atoms with Gasteiger partial charge >= 0.3 is 0 Å². The monoisotopic (exact) mass is 274 g/mol. The molecular weight excluding hydrogens is 259 g/mol. The van der Waals surface area contributed by atoms with E-state index >= 15 is 0 Å². The molecule has 1 aromatic carbocycles. The average Bonchev–Trinajstić information content (AvgIpc) is 2.46. The summed E-state index contributed by atoms with van der Waals surface area (Å²) in [5.74, 6) is -1.05. The van der Waals surface area contributed by atoms with Gasteiger partial charge in [-0.1, -0.05) is 30.3 Å². The standard InChI is InChI=1S/C15H15FN2O2/c1-15(20,12-5-3-2-4-6-12)10-18-14(19)11-7-8-13(16)17-9-11/h2-9,20H,10H2,1H3,(H,18,19). The highest BCUT2D eigenvalue weighted by Gasteiger charge is 2.23. The molecule has 5 heteroatoms. The summed E-state index contributed by atoms with van der Waals surface area (Å²) in [6.45, 7) is 1.67. The molecule has 1 unspecified atom stereocenters. The number of pyridine rings is 1. The molecule has 0 aliphatic rings. The van der Waals surface area contributed by atoms with E-state index in [-0.39, 0.29) is 12.1 Å². The SMILES string of the molecule is CC(O)(CNC(=O)c1ccc(F)nc1)c1ccccc1. The Morgan fingerprint density at radius 2 is 2.00 bits per heavy atom. The summed E-state index contributed by atoms with van der Waals surface area (Å²) in [5, 5.41) is 12.9. The summed E-state index contributed by atoms with van der Waals surface area (Å²) in [5.41, 5.74) is -0.225. The number of hydrogen-bond donors (Lipinski definition) is 2. The summed E-state index contributed by atoms with van der Waals surface area (Å²) < 4.78 is 12.7. The van der Waals surface area contributed by atoms with E-state index in [2.05, 4.69) is 10.3 Å². The number of nitrogens with one attached hydrogen (secondary N) is 1. The summed E-state index contributed by atoms with van der Waals surface area (Å²) >= 11 is 0. The van der Waals surface area contributed by atoms with Crippen LogP contribution in [-0.4, -0.2) is 22.5 Å². The number of amides is 1. The Morgan fingerprint density at radius 3 is 2.60 bits per heavy atom. The van der Waals surface area contributed by atoms with Gasteiger partial charge in [0.25, 0.3) is 5.91 Å². The van der Waals surface area contributed by atoms with Crippen molar-refractivity contribution in [2.24, 2.45) is 0 Å². The highest BCUT2D eigenvalue weighted by molar-refractivity contribution is 5.93. The fraction of sp³-hybridized carbons (Fsp3) is 0.200. The van der Waals surface area contributed by atoms with E-state index in [9.17, 15) is 14.3 Å². The van der Waals surface area contributed by atoms with E-state index in [1.807, 2.05) is 18.2 Å². The van der Waals surface area contributed by atoms with Crippen LogP contribution in [0.3, 0.4) is 0 Å². The molecule has 0 saturated heterocycles. The smallest absolute Gasteiger partial charge is 0.252 e. The fourth-order valence-corrected chi connectivity index (χ4v) is 1.76. The molecule has 1 heterocycles. The molecule has 1 atom stereocenters. The molecule has 2 aromatic rings. The van der Waals surface area contributed by atoms with Crippen molar-refractivity contribution in [2.45, 2.75) is 12.5 Å². The highest BCUT2D eigenvalue weighted by Crippen LogP contribution is 2.19. The zero-order valence-corrected chi connectivity index (χ0v) is 11.0. The molecular formula is C15H15FN2O2. The number of aliphatic hydroxyl groups is 1. The van der Waals surface area contributed by atoms with Gasteiger partial charge in [0.15, 0.2) is 0 Å². The number of nitrogens with zero attached hydrogens (tertiary/aromatic N) is 1. The van der Waals surface area contributed by atoms with E-state index in [0.717, 1.165) is 12.3 Å². The lowest BCUT2D eigenvalue weighted by Crippen LogP contribution is -2.38. The molecule has 1 aromatic heterocycles. The molecule has 0 bridgehead atoms. The van der Waals surface area contributed by atoms with Crippen LogP contribution in [0.1, 0.15) is 22.8 Å². The van der Waals surface area contributed by atoms with E-state index in [1.54, 1.807) is 19.1 Å². The second kappa shape index (κ2) is 5.79. The third kappa shape index (κ3) is 3.39. The maximum Gasteiger partial charge on any atom is 0.252 e. The number of benzene rings is 1. The lowest BCUT2D eigenvalue weighted by atomic mass is 9.96. The van der Waals surface area contributed by atoms with Crippen LogP contribution in [-0.2, 0) is 5.60 Å². The first-order chi connectivity index (χ1) is 9.49. The van der Waals surface area contributed by atoms with Crippen molar-refractivity contribution in [1.29, 1.82) is 0 Å². The molecule has 2 N–H and O–H groups in total. The van der Waals surface area contributed by atoms with Crippen molar-refractivity contribution in [3.05, 3.63) is 65.7 Å². The van der Waals surface area contributed by atoms with Crippen molar-refractivity contribution in [3.8, 4) is 0 Å². The van der Waals surface area contributed by atoms with E-state index in [4.69, 9.17) is 0 Å². The van der Waals surface area contributed by atoms with Gasteiger partial charge in [-0.3, -0.25) is 4.79 Å². The quantitative estimate of drug-likeness (QED) is 0.836. The predicted molar refractivity (Wildman–Crippen MR) is 72.5 cm³/mol. The number of carbonyl (C=O) groups excluding carboxylic acids is 1. The van der Waals surface area contributed by atoms with Gasteiger partial charge < -0.3 is 10.4 Å². The molecule has 4 nitrogen and oxygen atoms in total. The first-order valence-corrected chi connectivity index (χ1v) is 6.17. The molecule has 0 radical (unpaired) electrons. The second-order valence-corrected chi connectivity index (χ2v) is 4.69. The van der Waals surface area contributed by atoms with Crippen LogP contribution in [0.2, 0.25) is 0 Å². The van der Waals surface area contributed by atoms with Crippen molar-refractivity contribution in [1.82, 2.24) is 10.3 Å². The van der Waals surface area contributed by atoms with Crippen molar-refractivity contribution >= 4 is 5.91 Å². The minimum Gasteiger partial charge on any atom is -0.384 e. The maximum absolute atomic E-state index is 12.7. The van der Waals surface area contributed by atoms with Gasteiger partial charge in [-0.25, -0.2) is 4.98 Å². The normalized spacial score (nSPS) is 13.6. The van der Waals surface area contributed by atoms with Crippen LogP contribution in [0, 0.1) is 5.95 Å². The Kier molecular flexibility index (Phi) is 4.10. The van der Waals surface area contributed by atoms with Gasteiger partial charge in [-0.2, -0.15) is 4.39 Å². The topological polar surface area (TPSA) is 62.2 Å². The van der Waals surface area contributed by atoms with E-state index < -0.39 is 17.5 Å². The summed E-state index contributed by atoms with van der Waals surface area (Å²) in [4.78, 5) is 15.3. The third-order valence-corrected chi connectivity index (χ3v) is 2.98. The Hall–Kier alpha value is -2.27. The number of aromatic nitrogens is 1. The lowest BCUT2D eigenvalue weighted by Gasteiger charge is -2.24. The molecule has 0 spiro atoms. The van der Waals surface area contributed by atoms with E-state index in [1.165, 1.54) is 6.07 Å². The highest BCUT2D eigenvalue weighted by atomic mass is 19.1. The number of rotatable bonds is 4. The minimum absolute atomic E-state index is 0.0488. The summed E-state index contributed by atoms with van der Waals surface area (Å²) in [7, 11) is 0. The number of hydrogen-bond acceptors (Lipinski definition) is 3. The van der Waals surface area contributed by atoms with Gasteiger partial charge in [0.1, 0.15) is 5.60 Å². The number of halogens is 1. The molecule has 104 valence electrons. The van der Waals surface area contributed by atoms with Crippen LogP contribution in [0.15, 0.2) is 48.7 Å². The average molecular weight is 274 g/mol. The maximum atomic E-state index is 12.7. The molecule has 0 saturated carbocycles. The zero-order valence-electron chi connectivity index (χ0n) is 11.0. The largest absolute Gasteiger partial charge is 0.384 e. The minimum atomic E-state index is -1.18. The lowest BCUT2D eigenvalue weighted by molar-refractivity contribution is 0.0526. The van der Waals surface area contributed by atoms with Crippen molar-refractivity contribution < 1.29 is 14.3 Å². The Morgan fingerprint density at radius 1 is 1.30 bits per heavy atom. The van der Waals surface area contributed by atoms with Gasteiger partial charge in [-0.05, 0) is 24.6 Å². The fourth-order valence-electron chi connectivity index (χ4n) is 1.76. The second-order valence-electron chi connectivity index (χ2n) is 4.69. The molecule has 0 aliphatic carbocycles. The first kappa shape index (κ1) is 14.1. The summed E-state index contributed by atoms with van der Waals surface area (Å²) in [6, 6.07) is 11.5. The molecule has 20 heavy (non-hydrogen) atoms. The first-order valence-electron chi connectivity index (χ1n) is 6.17. The molecule has 0 fully saturated rings. The van der Waals surface area contributed by atoms with Crippen LogP contribution < -0.4 is 5.32 Å². The van der Waals surface area contributed by atoms with Crippen LogP contribution >= 0.6 is 0 Å². The molecule has 1 amide bonds. The predicted octanol–water partition coefficient (Wildman–Crippen LogP) is 1.86. The van der Waals surface area contributed by atoms with Crippen molar-refractivity contribution in [3.63, 3.8) is 0 Å².